The monoisotopic (exact) mass is 162 g/mol. The highest BCUT2D eigenvalue weighted by molar-refractivity contribution is 7.18. The molecule has 0 amide bonds. The van der Waals surface area contributed by atoms with E-state index in [9.17, 15) is 0 Å². The molecule has 0 aliphatic rings. The quantitative estimate of drug-likeness (QED) is 0.520. The number of nitrogens with zero attached hydrogens (tertiary/aromatic N) is 1. The van der Waals surface area contributed by atoms with E-state index in [1.54, 1.807) is 11.3 Å². The number of rotatable bonds is 0. The molecular weight excluding hydrogens is 154 g/mol. The van der Waals surface area contributed by atoms with Gasteiger partial charge in [-0.1, -0.05) is 23.5 Å². The van der Waals surface area contributed by atoms with Crippen LogP contribution in [0.3, 0.4) is 0 Å². The lowest BCUT2D eigenvalue weighted by atomic mass is 10.3. The van der Waals surface area contributed by atoms with E-state index in [0.717, 1.165) is 5.01 Å². The van der Waals surface area contributed by atoms with E-state index in [1.165, 1.54) is 10.2 Å². The summed E-state index contributed by atoms with van der Waals surface area (Å²) >= 11 is 1.62. The number of para-hydroxylation sites is 1. The number of fused-ring (bicyclic) bond motifs is 1. The van der Waals surface area contributed by atoms with E-state index in [0.29, 0.717) is 0 Å². The van der Waals surface area contributed by atoms with Crippen LogP contribution < -0.4 is 4.57 Å². The first-order valence-electron chi connectivity index (χ1n) is 3.42. The van der Waals surface area contributed by atoms with Crippen molar-refractivity contribution in [1.29, 1.82) is 0 Å². The summed E-state index contributed by atoms with van der Waals surface area (Å²) in [6.07, 6.45) is 0. The Morgan fingerprint density at radius 1 is 1.36 bits per heavy atom. The smallest absolute Gasteiger partial charge is 0.188 e. The fraction of sp³-hybridized carbons (Fsp3) is 0.111. The first-order valence-corrected chi connectivity index (χ1v) is 4.24. The number of thiazole rings is 1. The molecule has 54 valence electrons. The Morgan fingerprint density at radius 3 is 2.82 bits per heavy atom. The Bertz CT molecular complexity index is 389. The zero-order valence-corrected chi connectivity index (χ0v) is 7.06. The molecule has 0 saturated carbocycles. The predicted molar refractivity (Wildman–Crippen MR) is 46.4 cm³/mol. The van der Waals surface area contributed by atoms with Gasteiger partial charge in [-0.05, 0) is 6.07 Å². The minimum Gasteiger partial charge on any atom is -0.188 e. The van der Waals surface area contributed by atoms with Gasteiger partial charge in [-0.15, -0.1) is 0 Å². The Balaban J connectivity index is 2.92. The van der Waals surface area contributed by atoms with Crippen molar-refractivity contribution >= 4 is 21.6 Å². The molecule has 0 N–H and O–H groups in total. The summed E-state index contributed by atoms with van der Waals surface area (Å²) in [4.78, 5) is 0. The van der Waals surface area contributed by atoms with Gasteiger partial charge in [0.05, 0.1) is 6.92 Å². The van der Waals surface area contributed by atoms with Crippen LogP contribution in [0.4, 0.5) is 0 Å². The molecule has 0 unspecified atom stereocenters. The standard InChI is InChI=1S/C9H8NS/c1-7-10(2)8-5-3-4-6-9(8)11-7/h1,3-6H,2H3/q+1. The van der Waals surface area contributed by atoms with Crippen molar-refractivity contribution < 1.29 is 4.57 Å². The van der Waals surface area contributed by atoms with Crippen molar-refractivity contribution in [3.63, 3.8) is 0 Å². The third-order valence-electron chi connectivity index (χ3n) is 1.77. The van der Waals surface area contributed by atoms with Gasteiger partial charge < -0.3 is 0 Å². The summed E-state index contributed by atoms with van der Waals surface area (Å²) in [7, 11) is 1.98. The fourth-order valence-electron chi connectivity index (χ4n) is 1.12. The highest BCUT2D eigenvalue weighted by Gasteiger charge is 2.10. The molecule has 11 heavy (non-hydrogen) atoms. The SMILES string of the molecule is [CH]c1sc2ccccc2[n+]1C. The molecule has 2 radical (unpaired) electrons. The van der Waals surface area contributed by atoms with Crippen LogP contribution in [-0.2, 0) is 7.05 Å². The average molecular weight is 162 g/mol. The molecule has 1 nitrogen and oxygen atoms in total. The predicted octanol–water partition coefficient (Wildman–Crippen LogP) is 1.78. The van der Waals surface area contributed by atoms with Crippen LogP contribution in [0.1, 0.15) is 5.01 Å². The first kappa shape index (κ1) is 6.80. The van der Waals surface area contributed by atoms with E-state index in [2.05, 4.69) is 12.1 Å². The number of aromatic nitrogens is 1. The Morgan fingerprint density at radius 2 is 2.09 bits per heavy atom. The lowest BCUT2D eigenvalue weighted by Gasteiger charge is -1.82. The van der Waals surface area contributed by atoms with Crippen molar-refractivity contribution in [2.24, 2.45) is 7.05 Å². The van der Waals surface area contributed by atoms with Crippen LogP contribution in [0.2, 0.25) is 0 Å². The molecule has 2 heteroatoms. The molecule has 0 atom stereocenters. The number of hydrogen-bond acceptors (Lipinski definition) is 1. The van der Waals surface area contributed by atoms with Crippen molar-refractivity contribution in [1.82, 2.24) is 0 Å². The average Bonchev–Trinajstić information content (AvgIpc) is 2.30. The first-order chi connectivity index (χ1) is 5.29. The third kappa shape index (κ3) is 0.942. The van der Waals surface area contributed by atoms with Gasteiger partial charge >= 0.3 is 0 Å². The third-order valence-corrected chi connectivity index (χ3v) is 2.82. The van der Waals surface area contributed by atoms with Crippen LogP contribution >= 0.6 is 11.3 Å². The maximum Gasteiger partial charge on any atom is 0.243 e. The second kappa shape index (κ2) is 2.31. The summed E-state index contributed by atoms with van der Waals surface area (Å²) in [5.74, 6) is 0. The highest BCUT2D eigenvalue weighted by Crippen LogP contribution is 2.17. The maximum atomic E-state index is 5.73. The van der Waals surface area contributed by atoms with E-state index in [-0.39, 0.29) is 0 Å². The topological polar surface area (TPSA) is 3.88 Å². The van der Waals surface area contributed by atoms with Crippen LogP contribution in [0.25, 0.3) is 10.2 Å². The van der Waals surface area contributed by atoms with Crippen LogP contribution in [0.5, 0.6) is 0 Å². The molecular formula is C9H8NS+. The molecule has 0 aliphatic heterocycles. The van der Waals surface area contributed by atoms with Crippen LogP contribution in [0.15, 0.2) is 24.3 Å². The molecule has 0 spiro atoms. The van der Waals surface area contributed by atoms with Crippen LogP contribution in [0, 0.1) is 6.92 Å². The molecule has 0 saturated heterocycles. The van der Waals surface area contributed by atoms with Gasteiger partial charge in [0, 0.05) is 6.07 Å². The molecule has 1 heterocycles. The normalized spacial score (nSPS) is 10.7. The fourth-order valence-corrected chi connectivity index (χ4v) is 2.04. The Labute approximate surface area is 69.9 Å². The van der Waals surface area contributed by atoms with Gasteiger partial charge in [-0.3, -0.25) is 0 Å². The zero-order chi connectivity index (χ0) is 7.84. The van der Waals surface area contributed by atoms with E-state index < -0.39 is 0 Å². The van der Waals surface area contributed by atoms with Crippen LogP contribution in [-0.4, -0.2) is 0 Å². The minimum atomic E-state index is 0.853. The molecule has 1 aromatic heterocycles. The molecule has 0 bridgehead atoms. The van der Waals surface area contributed by atoms with E-state index in [1.807, 2.05) is 23.7 Å². The summed E-state index contributed by atoms with van der Waals surface area (Å²) < 4.78 is 3.24. The summed E-state index contributed by atoms with van der Waals surface area (Å²) in [6.45, 7) is 5.73. The van der Waals surface area contributed by atoms with Gasteiger partial charge in [0.2, 0.25) is 10.5 Å². The van der Waals surface area contributed by atoms with Gasteiger partial charge in [-0.2, -0.15) is 4.57 Å². The molecule has 0 fully saturated rings. The van der Waals surface area contributed by atoms with Gasteiger partial charge in [0.15, 0.2) is 0 Å². The number of hydrogen-bond donors (Lipinski definition) is 0. The van der Waals surface area contributed by atoms with Crippen molar-refractivity contribution in [3.05, 3.63) is 36.2 Å². The summed E-state index contributed by atoms with van der Waals surface area (Å²) in [5, 5.41) is 0.853. The van der Waals surface area contributed by atoms with Crippen molar-refractivity contribution in [3.8, 4) is 0 Å². The minimum absolute atomic E-state index is 0.853. The summed E-state index contributed by atoms with van der Waals surface area (Å²) in [6, 6.07) is 8.20. The summed E-state index contributed by atoms with van der Waals surface area (Å²) in [5.41, 5.74) is 1.20. The second-order valence-electron chi connectivity index (χ2n) is 2.47. The Kier molecular flexibility index (Phi) is 1.43. The zero-order valence-electron chi connectivity index (χ0n) is 6.24. The maximum absolute atomic E-state index is 5.73. The second-order valence-corrected chi connectivity index (χ2v) is 3.53. The Hall–Kier alpha value is -0.890. The van der Waals surface area contributed by atoms with Gasteiger partial charge in [0.1, 0.15) is 11.7 Å². The van der Waals surface area contributed by atoms with E-state index in [4.69, 9.17) is 6.92 Å². The largest absolute Gasteiger partial charge is 0.243 e. The lowest BCUT2D eigenvalue weighted by molar-refractivity contribution is -0.644. The van der Waals surface area contributed by atoms with Gasteiger partial charge in [-0.25, -0.2) is 0 Å². The molecule has 2 rings (SSSR count). The molecule has 2 aromatic rings. The number of aryl methyl sites for hydroxylation is 1. The molecule has 1 aromatic carbocycles. The van der Waals surface area contributed by atoms with Crippen molar-refractivity contribution in [2.45, 2.75) is 0 Å². The van der Waals surface area contributed by atoms with Crippen molar-refractivity contribution in [2.75, 3.05) is 0 Å². The molecule has 0 aliphatic carbocycles. The lowest BCUT2D eigenvalue weighted by Crippen LogP contribution is -2.28. The number of benzene rings is 1. The van der Waals surface area contributed by atoms with E-state index >= 15 is 0 Å². The highest BCUT2D eigenvalue weighted by atomic mass is 32.1. The van der Waals surface area contributed by atoms with Gasteiger partial charge in [0.25, 0.3) is 0 Å².